The van der Waals surface area contributed by atoms with Crippen LogP contribution in [-0.4, -0.2) is 36.9 Å². The van der Waals surface area contributed by atoms with Crippen molar-refractivity contribution in [2.24, 2.45) is 0 Å². The molecule has 0 atom stereocenters. The Kier molecular flexibility index (Phi) is 4.96. The monoisotopic (exact) mass is 305 g/mol. The van der Waals surface area contributed by atoms with Gasteiger partial charge < -0.3 is 5.11 Å². The first-order valence-corrected chi connectivity index (χ1v) is 7.03. The Morgan fingerprint density at radius 2 is 2.05 bits per heavy atom. The summed E-state index contributed by atoms with van der Waals surface area (Å²) in [7, 11) is -4.34. The van der Waals surface area contributed by atoms with Gasteiger partial charge in [-0.25, -0.2) is 22.0 Å². The standard InChI is InChI=1S/C12H13F2NO4S/c1-3-5-15(4-2)20(18,19)10-7-8(12(16)17)6-9(13)11(10)14/h3,6-7H,1,4-5H2,2H3,(H,16,17). The Morgan fingerprint density at radius 1 is 1.45 bits per heavy atom. The van der Waals surface area contributed by atoms with Crippen LogP contribution in [0.1, 0.15) is 17.3 Å². The lowest BCUT2D eigenvalue weighted by atomic mass is 10.2. The summed E-state index contributed by atoms with van der Waals surface area (Å²) in [6.07, 6.45) is 1.29. The highest BCUT2D eigenvalue weighted by Gasteiger charge is 2.29. The average molecular weight is 305 g/mol. The molecular weight excluding hydrogens is 292 g/mol. The summed E-state index contributed by atoms with van der Waals surface area (Å²) in [5.74, 6) is -4.68. The Bertz CT molecular complexity index is 643. The van der Waals surface area contributed by atoms with Crippen LogP contribution in [0.5, 0.6) is 0 Å². The molecule has 0 bridgehead atoms. The van der Waals surface area contributed by atoms with Crippen LogP contribution in [0.3, 0.4) is 0 Å². The lowest BCUT2D eigenvalue weighted by Crippen LogP contribution is -2.32. The largest absolute Gasteiger partial charge is 0.478 e. The van der Waals surface area contributed by atoms with Gasteiger partial charge in [0.25, 0.3) is 0 Å². The van der Waals surface area contributed by atoms with E-state index in [-0.39, 0.29) is 13.1 Å². The number of rotatable bonds is 6. The maximum atomic E-state index is 13.7. The van der Waals surface area contributed by atoms with Gasteiger partial charge in [-0.15, -0.1) is 6.58 Å². The molecule has 110 valence electrons. The first kappa shape index (κ1) is 16.3. The molecule has 0 saturated carbocycles. The number of carboxylic acid groups (broad SMARTS) is 1. The molecule has 5 nitrogen and oxygen atoms in total. The first-order chi connectivity index (χ1) is 9.25. The zero-order chi connectivity index (χ0) is 15.5. The maximum absolute atomic E-state index is 13.7. The van der Waals surface area contributed by atoms with E-state index in [1.54, 1.807) is 0 Å². The topological polar surface area (TPSA) is 74.7 Å². The van der Waals surface area contributed by atoms with Crippen molar-refractivity contribution in [2.45, 2.75) is 11.8 Å². The third-order valence-corrected chi connectivity index (χ3v) is 4.49. The molecule has 20 heavy (non-hydrogen) atoms. The van der Waals surface area contributed by atoms with E-state index in [9.17, 15) is 22.0 Å². The van der Waals surface area contributed by atoms with Gasteiger partial charge in [-0.1, -0.05) is 13.0 Å². The maximum Gasteiger partial charge on any atom is 0.335 e. The van der Waals surface area contributed by atoms with Crippen molar-refractivity contribution in [1.82, 2.24) is 4.31 Å². The minimum absolute atomic E-state index is 0.00666. The smallest absolute Gasteiger partial charge is 0.335 e. The average Bonchev–Trinajstić information content (AvgIpc) is 2.38. The molecule has 0 radical (unpaired) electrons. The molecule has 0 aromatic heterocycles. The van der Waals surface area contributed by atoms with E-state index in [0.717, 1.165) is 4.31 Å². The highest BCUT2D eigenvalue weighted by atomic mass is 32.2. The van der Waals surface area contributed by atoms with Gasteiger partial charge in [0, 0.05) is 13.1 Å². The van der Waals surface area contributed by atoms with Crippen molar-refractivity contribution in [2.75, 3.05) is 13.1 Å². The molecule has 0 aliphatic heterocycles. The number of carbonyl (C=O) groups is 1. The van der Waals surface area contributed by atoms with Gasteiger partial charge >= 0.3 is 5.97 Å². The summed E-state index contributed by atoms with van der Waals surface area (Å²) in [4.78, 5) is 9.79. The number of halogens is 2. The minimum Gasteiger partial charge on any atom is -0.478 e. The SMILES string of the molecule is C=CCN(CC)S(=O)(=O)c1cc(C(=O)O)cc(F)c1F. The van der Waals surface area contributed by atoms with E-state index in [1.807, 2.05) is 0 Å². The van der Waals surface area contributed by atoms with Crippen molar-refractivity contribution in [3.8, 4) is 0 Å². The van der Waals surface area contributed by atoms with Gasteiger partial charge in [0.2, 0.25) is 10.0 Å². The van der Waals surface area contributed by atoms with E-state index in [1.165, 1.54) is 13.0 Å². The van der Waals surface area contributed by atoms with Crippen LogP contribution in [0.2, 0.25) is 0 Å². The molecule has 0 amide bonds. The molecular formula is C12H13F2NO4S. The fraction of sp³-hybridized carbons (Fsp3) is 0.250. The number of sulfonamides is 1. The number of carboxylic acids is 1. The number of benzene rings is 1. The highest BCUT2D eigenvalue weighted by Crippen LogP contribution is 2.23. The number of aromatic carboxylic acids is 1. The Balaban J connectivity index is 3.51. The number of likely N-dealkylation sites (N-methyl/N-ethyl adjacent to an activating group) is 1. The third-order valence-electron chi connectivity index (χ3n) is 2.55. The van der Waals surface area contributed by atoms with Crippen LogP contribution in [0.4, 0.5) is 8.78 Å². The lowest BCUT2D eigenvalue weighted by molar-refractivity contribution is 0.0696. The molecule has 0 aliphatic carbocycles. The number of nitrogens with zero attached hydrogens (tertiary/aromatic N) is 1. The van der Waals surface area contributed by atoms with Gasteiger partial charge in [-0.05, 0) is 12.1 Å². The van der Waals surface area contributed by atoms with Crippen molar-refractivity contribution in [3.05, 3.63) is 42.0 Å². The summed E-state index contributed by atoms with van der Waals surface area (Å²) in [6, 6.07) is 1.03. The molecule has 0 heterocycles. The molecule has 0 unspecified atom stereocenters. The van der Waals surface area contributed by atoms with Crippen molar-refractivity contribution < 1.29 is 27.1 Å². The Labute approximate surface area is 115 Å². The fourth-order valence-electron chi connectivity index (χ4n) is 1.56. The van der Waals surface area contributed by atoms with Crippen LogP contribution in [-0.2, 0) is 10.0 Å². The molecule has 1 rings (SSSR count). The van der Waals surface area contributed by atoms with Crippen molar-refractivity contribution in [3.63, 3.8) is 0 Å². The molecule has 1 aromatic rings. The zero-order valence-corrected chi connectivity index (χ0v) is 11.5. The second-order valence-corrected chi connectivity index (χ2v) is 5.73. The fourth-order valence-corrected chi connectivity index (χ4v) is 3.07. The van der Waals surface area contributed by atoms with E-state index in [4.69, 9.17) is 5.11 Å². The summed E-state index contributed by atoms with van der Waals surface area (Å²) in [5, 5.41) is 8.78. The van der Waals surface area contributed by atoms with Gasteiger partial charge in [-0.2, -0.15) is 4.31 Å². The highest BCUT2D eigenvalue weighted by molar-refractivity contribution is 7.89. The molecule has 0 aliphatic rings. The Hall–Kier alpha value is -1.80. The van der Waals surface area contributed by atoms with Gasteiger partial charge in [0.05, 0.1) is 5.56 Å². The Morgan fingerprint density at radius 3 is 2.50 bits per heavy atom. The van der Waals surface area contributed by atoms with Crippen LogP contribution >= 0.6 is 0 Å². The molecule has 0 saturated heterocycles. The van der Waals surface area contributed by atoms with Crippen molar-refractivity contribution in [1.29, 1.82) is 0 Å². The summed E-state index contributed by atoms with van der Waals surface area (Å²) in [5.41, 5.74) is -0.642. The predicted octanol–water partition coefficient (Wildman–Crippen LogP) is 1.86. The zero-order valence-electron chi connectivity index (χ0n) is 10.6. The van der Waals surface area contributed by atoms with Crippen LogP contribution in [0, 0.1) is 11.6 Å². The second kappa shape index (κ2) is 6.10. The van der Waals surface area contributed by atoms with Gasteiger partial charge in [0.1, 0.15) is 4.90 Å². The van der Waals surface area contributed by atoms with Crippen molar-refractivity contribution >= 4 is 16.0 Å². The normalized spacial score (nSPS) is 11.6. The summed E-state index contributed by atoms with van der Waals surface area (Å²) >= 11 is 0. The molecule has 0 fully saturated rings. The van der Waals surface area contributed by atoms with E-state index >= 15 is 0 Å². The second-order valence-electron chi connectivity index (χ2n) is 3.82. The molecule has 0 spiro atoms. The predicted molar refractivity (Wildman–Crippen MR) is 67.9 cm³/mol. The van der Waals surface area contributed by atoms with E-state index in [2.05, 4.69) is 6.58 Å². The first-order valence-electron chi connectivity index (χ1n) is 5.59. The summed E-state index contributed by atoms with van der Waals surface area (Å²) < 4.78 is 52.2. The summed E-state index contributed by atoms with van der Waals surface area (Å²) in [6.45, 7) is 4.79. The lowest BCUT2D eigenvalue weighted by Gasteiger charge is -2.19. The number of hydrogen-bond acceptors (Lipinski definition) is 3. The molecule has 8 heteroatoms. The van der Waals surface area contributed by atoms with Crippen LogP contribution in [0.25, 0.3) is 0 Å². The van der Waals surface area contributed by atoms with Crippen LogP contribution < -0.4 is 0 Å². The van der Waals surface area contributed by atoms with E-state index in [0.29, 0.717) is 12.1 Å². The number of hydrogen-bond donors (Lipinski definition) is 1. The molecule has 1 N–H and O–H groups in total. The minimum atomic E-state index is -4.34. The van der Waals surface area contributed by atoms with E-state index < -0.39 is 38.1 Å². The quantitative estimate of drug-likeness (QED) is 0.814. The van der Waals surface area contributed by atoms with Crippen LogP contribution in [0.15, 0.2) is 29.7 Å². The molecule has 1 aromatic carbocycles. The van der Waals surface area contributed by atoms with Gasteiger partial charge in [0.15, 0.2) is 11.6 Å². The van der Waals surface area contributed by atoms with Gasteiger partial charge in [-0.3, -0.25) is 0 Å². The third kappa shape index (κ3) is 3.02.